The zero-order chi connectivity index (χ0) is 16.1. The third-order valence-corrected chi connectivity index (χ3v) is 4.00. The van der Waals surface area contributed by atoms with Crippen LogP contribution in [-0.4, -0.2) is 49.2 Å². The number of aliphatic carboxylic acids is 1. The Morgan fingerprint density at radius 3 is 2.45 bits per heavy atom. The molecule has 0 spiro atoms. The molecule has 1 aliphatic heterocycles. The van der Waals surface area contributed by atoms with E-state index in [1.54, 1.807) is 23.1 Å². The van der Waals surface area contributed by atoms with Crippen molar-refractivity contribution >= 4 is 11.9 Å². The summed E-state index contributed by atoms with van der Waals surface area (Å²) < 4.78 is 10.5. The van der Waals surface area contributed by atoms with Crippen molar-refractivity contribution in [2.75, 3.05) is 27.3 Å². The van der Waals surface area contributed by atoms with Gasteiger partial charge < -0.3 is 19.5 Å². The van der Waals surface area contributed by atoms with Crippen LogP contribution in [0.25, 0.3) is 0 Å². The number of piperidine rings is 1. The first-order valence-electron chi connectivity index (χ1n) is 7.28. The normalized spacial score (nSPS) is 15.5. The van der Waals surface area contributed by atoms with Crippen LogP contribution < -0.4 is 9.47 Å². The number of para-hydroxylation sites is 1. The minimum Gasteiger partial charge on any atom is -0.493 e. The highest BCUT2D eigenvalue weighted by Gasteiger charge is 2.27. The van der Waals surface area contributed by atoms with Crippen LogP contribution in [-0.2, 0) is 4.79 Å². The third kappa shape index (κ3) is 3.50. The number of rotatable bonds is 5. The van der Waals surface area contributed by atoms with Crippen molar-refractivity contribution < 1.29 is 24.2 Å². The summed E-state index contributed by atoms with van der Waals surface area (Å²) in [7, 11) is 3.04. The molecular weight excluding hydrogens is 286 g/mol. The van der Waals surface area contributed by atoms with E-state index in [0.717, 1.165) is 0 Å². The van der Waals surface area contributed by atoms with Crippen molar-refractivity contribution in [3.63, 3.8) is 0 Å². The van der Waals surface area contributed by atoms with Gasteiger partial charge in [-0.1, -0.05) is 6.07 Å². The lowest BCUT2D eigenvalue weighted by molar-refractivity contribution is -0.138. The number of amides is 1. The molecule has 1 N–H and O–H groups in total. The van der Waals surface area contributed by atoms with E-state index in [2.05, 4.69) is 0 Å². The smallest absolute Gasteiger partial charge is 0.303 e. The molecule has 1 heterocycles. The van der Waals surface area contributed by atoms with Gasteiger partial charge in [0.25, 0.3) is 5.91 Å². The van der Waals surface area contributed by atoms with Gasteiger partial charge in [0.1, 0.15) is 0 Å². The first-order valence-corrected chi connectivity index (χ1v) is 7.28. The van der Waals surface area contributed by atoms with Crippen molar-refractivity contribution in [1.82, 2.24) is 4.90 Å². The Balaban J connectivity index is 2.09. The van der Waals surface area contributed by atoms with E-state index in [9.17, 15) is 9.59 Å². The molecule has 1 fully saturated rings. The second-order valence-corrected chi connectivity index (χ2v) is 5.37. The highest BCUT2D eigenvalue weighted by atomic mass is 16.5. The van der Waals surface area contributed by atoms with Crippen molar-refractivity contribution in [2.24, 2.45) is 5.92 Å². The monoisotopic (exact) mass is 307 g/mol. The van der Waals surface area contributed by atoms with E-state index in [-0.39, 0.29) is 18.2 Å². The highest BCUT2D eigenvalue weighted by Crippen LogP contribution is 2.32. The van der Waals surface area contributed by atoms with Gasteiger partial charge in [0, 0.05) is 19.5 Å². The summed E-state index contributed by atoms with van der Waals surface area (Å²) in [6, 6.07) is 5.22. The number of nitrogens with zero attached hydrogens (tertiary/aromatic N) is 1. The number of methoxy groups -OCH3 is 2. The van der Waals surface area contributed by atoms with E-state index in [4.69, 9.17) is 14.6 Å². The first kappa shape index (κ1) is 16.1. The fraction of sp³-hybridized carbons (Fsp3) is 0.500. The van der Waals surface area contributed by atoms with Crippen LogP contribution in [0.2, 0.25) is 0 Å². The van der Waals surface area contributed by atoms with Crippen molar-refractivity contribution in [1.29, 1.82) is 0 Å². The van der Waals surface area contributed by atoms with Crippen LogP contribution in [0, 0.1) is 5.92 Å². The number of carbonyl (C=O) groups excluding carboxylic acids is 1. The number of carboxylic acid groups (broad SMARTS) is 1. The molecular formula is C16H21NO5. The van der Waals surface area contributed by atoms with Gasteiger partial charge in [0.15, 0.2) is 11.5 Å². The molecule has 0 radical (unpaired) electrons. The molecule has 1 aromatic carbocycles. The fourth-order valence-electron chi connectivity index (χ4n) is 2.81. The van der Waals surface area contributed by atoms with Gasteiger partial charge in [0.2, 0.25) is 0 Å². The maximum atomic E-state index is 12.7. The van der Waals surface area contributed by atoms with Crippen molar-refractivity contribution in [3.8, 4) is 11.5 Å². The summed E-state index contributed by atoms with van der Waals surface area (Å²) in [5, 5.41) is 8.83. The average Bonchev–Trinajstić information content (AvgIpc) is 2.53. The average molecular weight is 307 g/mol. The fourth-order valence-corrected chi connectivity index (χ4v) is 2.81. The largest absolute Gasteiger partial charge is 0.493 e. The van der Waals surface area contributed by atoms with Gasteiger partial charge >= 0.3 is 5.97 Å². The summed E-state index contributed by atoms with van der Waals surface area (Å²) in [5.41, 5.74) is 0.471. The summed E-state index contributed by atoms with van der Waals surface area (Å²) in [6.45, 7) is 1.13. The molecule has 0 aromatic heterocycles. The second kappa shape index (κ2) is 7.15. The van der Waals surface area contributed by atoms with Gasteiger partial charge in [-0.2, -0.15) is 0 Å². The van der Waals surface area contributed by atoms with E-state index in [0.29, 0.717) is 43.0 Å². The number of ether oxygens (including phenoxy) is 2. The summed E-state index contributed by atoms with van der Waals surface area (Å²) in [5.74, 6) is 0.217. The molecule has 1 amide bonds. The van der Waals surface area contributed by atoms with Gasteiger partial charge in [-0.3, -0.25) is 9.59 Å². The molecule has 120 valence electrons. The standard InChI is InChI=1S/C16H21NO5/c1-21-13-5-3-4-12(15(13)22-2)16(20)17-8-6-11(7-9-17)10-14(18)19/h3-5,11H,6-10H2,1-2H3,(H,18,19). The lowest BCUT2D eigenvalue weighted by Crippen LogP contribution is -2.39. The van der Waals surface area contributed by atoms with Crippen LogP contribution in [0.4, 0.5) is 0 Å². The Morgan fingerprint density at radius 1 is 1.23 bits per heavy atom. The minimum absolute atomic E-state index is 0.107. The molecule has 1 aliphatic rings. The predicted octanol–water partition coefficient (Wildman–Crippen LogP) is 2.03. The third-order valence-electron chi connectivity index (χ3n) is 4.00. The lowest BCUT2D eigenvalue weighted by Gasteiger charge is -2.31. The zero-order valence-corrected chi connectivity index (χ0v) is 12.9. The van der Waals surface area contributed by atoms with Crippen molar-refractivity contribution in [3.05, 3.63) is 23.8 Å². The number of hydrogen-bond acceptors (Lipinski definition) is 4. The molecule has 0 saturated carbocycles. The number of carboxylic acids is 1. The minimum atomic E-state index is -0.778. The quantitative estimate of drug-likeness (QED) is 0.900. The van der Waals surface area contributed by atoms with E-state index < -0.39 is 5.97 Å². The molecule has 2 rings (SSSR count). The molecule has 0 bridgehead atoms. The van der Waals surface area contributed by atoms with Gasteiger partial charge in [-0.05, 0) is 30.9 Å². The number of benzene rings is 1. The molecule has 0 aliphatic carbocycles. The summed E-state index contributed by atoms with van der Waals surface area (Å²) in [4.78, 5) is 25.1. The van der Waals surface area contributed by atoms with Crippen LogP contribution >= 0.6 is 0 Å². The predicted molar refractivity (Wildman–Crippen MR) is 80.4 cm³/mol. The SMILES string of the molecule is COc1cccc(C(=O)N2CCC(CC(=O)O)CC2)c1OC. The Kier molecular flexibility index (Phi) is 5.25. The summed E-state index contributed by atoms with van der Waals surface area (Å²) in [6.07, 6.45) is 1.60. The maximum absolute atomic E-state index is 12.7. The van der Waals surface area contributed by atoms with E-state index in [1.807, 2.05) is 0 Å². The molecule has 0 unspecified atom stereocenters. The van der Waals surface area contributed by atoms with Gasteiger partial charge in [-0.25, -0.2) is 0 Å². The Morgan fingerprint density at radius 2 is 1.91 bits per heavy atom. The Labute approximate surface area is 129 Å². The Bertz CT molecular complexity index is 549. The van der Waals surface area contributed by atoms with Gasteiger partial charge in [0.05, 0.1) is 19.8 Å². The van der Waals surface area contributed by atoms with Crippen LogP contribution in [0.5, 0.6) is 11.5 Å². The van der Waals surface area contributed by atoms with Crippen LogP contribution in [0.3, 0.4) is 0 Å². The number of carbonyl (C=O) groups is 2. The topological polar surface area (TPSA) is 76.1 Å². The molecule has 1 aromatic rings. The molecule has 1 saturated heterocycles. The molecule has 0 atom stereocenters. The zero-order valence-electron chi connectivity index (χ0n) is 12.9. The van der Waals surface area contributed by atoms with Gasteiger partial charge in [-0.15, -0.1) is 0 Å². The van der Waals surface area contributed by atoms with E-state index >= 15 is 0 Å². The highest BCUT2D eigenvalue weighted by molar-refractivity contribution is 5.97. The Hall–Kier alpha value is -2.24. The number of hydrogen-bond donors (Lipinski definition) is 1. The lowest BCUT2D eigenvalue weighted by atomic mass is 9.93. The molecule has 6 nitrogen and oxygen atoms in total. The number of likely N-dealkylation sites (tertiary alicyclic amines) is 1. The summed E-state index contributed by atoms with van der Waals surface area (Å²) >= 11 is 0. The second-order valence-electron chi connectivity index (χ2n) is 5.37. The maximum Gasteiger partial charge on any atom is 0.303 e. The van der Waals surface area contributed by atoms with Crippen LogP contribution in [0.1, 0.15) is 29.6 Å². The van der Waals surface area contributed by atoms with Crippen molar-refractivity contribution in [2.45, 2.75) is 19.3 Å². The first-order chi connectivity index (χ1) is 10.6. The molecule has 22 heavy (non-hydrogen) atoms. The molecule has 6 heteroatoms. The van der Waals surface area contributed by atoms with E-state index in [1.165, 1.54) is 14.2 Å². The van der Waals surface area contributed by atoms with Crippen LogP contribution in [0.15, 0.2) is 18.2 Å².